The molecule has 0 fully saturated rings. The van der Waals surface area contributed by atoms with E-state index in [1.807, 2.05) is 0 Å². The fourth-order valence-electron chi connectivity index (χ4n) is 2.76. The zero-order valence-corrected chi connectivity index (χ0v) is 14.5. The third-order valence-corrected chi connectivity index (χ3v) is 4.31. The third-order valence-electron chi connectivity index (χ3n) is 4.06. The predicted molar refractivity (Wildman–Crippen MR) is 94.7 cm³/mol. The van der Waals surface area contributed by atoms with Gasteiger partial charge < -0.3 is 10.1 Å². The van der Waals surface area contributed by atoms with Crippen molar-refractivity contribution in [3.63, 3.8) is 0 Å². The molecule has 0 amide bonds. The van der Waals surface area contributed by atoms with Crippen molar-refractivity contribution in [1.29, 1.82) is 0 Å². The molecular formula is C16H14ClF3N6O. The number of hydrogen-bond donors (Lipinski definition) is 3. The average Bonchev–Trinajstić information content (AvgIpc) is 3.02. The van der Waals surface area contributed by atoms with Gasteiger partial charge in [0, 0.05) is 24.4 Å². The summed E-state index contributed by atoms with van der Waals surface area (Å²) in [4.78, 5) is 0. The Bertz CT molecular complexity index is 879. The van der Waals surface area contributed by atoms with Crippen molar-refractivity contribution in [1.82, 2.24) is 21.1 Å². The van der Waals surface area contributed by atoms with E-state index in [2.05, 4.69) is 26.3 Å². The van der Waals surface area contributed by atoms with E-state index < -0.39 is 11.7 Å². The molecule has 0 aliphatic carbocycles. The van der Waals surface area contributed by atoms with Crippen molar-refractivity contribution in [2.24, 2.45) is 10.2 Å². The molecule has 1 aromatic rings. The van der Waals surface area contributed by atoms with Crippen LogP contribution in [0.15, 0.2) is 46.8 Å². The van der Waals surface area contributed by atoms with Crippen LogP contribution < -0.4 is 20.8 Å². The zero-order valence-electron chi connectivity index (χ0n) is 13.7. The number of nitrogens with zero attached hydrogens (tertiary/aromatic N) is 3. The third kappa shape index (κ3) is 3.58. The van der Waals surface area contributed by atoms with Gasteiger partial charge in [-0.1, -0.05) is 6.07 Å². The van der Waals surface area contributed by atoms with E-state index in [4.69, 9.17) is 16.3 Å². The number of hydrogen-bond acceptors (Lipinski definition) is 7. The molecule has 3 aliphatic rings. The Morgan fingerprint density at radius 3 is 2.89 bits per heavy atom. The number of fused-ring (bicyclic) bond motifs is 1. The second-order valence-corrected chi connectivity index (χ2v) is 6.22. The van der Waals surface area contributed by atoms with Gasteiger partial charge in [-0.3, -0.25) is 10.7 Å². The van der Waals surface area contributed by atoms with Crippen molar-refractivity contribution >= 4 is 28.4 Å². The molecule has 0 bridgehead atoms. The highest BCUT2D eigenvalue weighted by atomic mass is 35.5. The quantitative estimate of drug-likeness (QED) is 0.666. The van der Waals surface area contributed by atoms with Crippen LogP contribution in [-0.4, -0.2) is 35.6 Å². The Morgan fingerprint density at radius 1 is 1.30 bits per heavy atom. The summed E-state index contributed by atoms with van der Waals surface area (Å²) in [5.41, 5.74) is 3.23. The van der Waals surface area contributed by atoms with E-state index in [-0.39, 0.29) is 23.1 Å². The number of amidine groups is 1. The number of halogens is 4. The van der Waals surface area contributed by atoms with Crippen LogP contribution in [0, 0.1) is 0 Å². The molecule has 11 heteroatoms. The van der Waals surface area contributed by atoms with Gasteiger partial charge in [0.25, 0.3) is 0 Å². The first kappa shape index (κ1) is 17.7. The number of hydrazone groups is 2. The molecule has 1 aromatic carbocycles. The summed E-state index contributed by atoms with van der Waals surface area (Å²) >= 11 is 5.93. The summed E-state index contributed by atoms with van der Waals surface area (Å²) in [5.74, 6) is 0.143. The number of rotatable bonds is 2. The number of benzene rings is 1. The highest BCUT2D eigenvalue weighted by molar-refractivity contribution is 6.64. The van der Waals surface area contributed by atoms with Gasteiger partial charge in [-0.05, 0) is 35.4 Å². The Kier molecular flexibility index (Phi) is 4.44. The molecule has 3 heterocycles. The molecule has 1 atom stereocenters. The first-order valence-electron chi connectivity index (χ1n) is 7.99. The Hall–Kier alpha value is -2.72. The Labute approximate surface area is 157 Å². The van der Waals surface area contributed by atoms with Crippen molar-refractivity contribution in [3.8, 4) is 5.75 Å². The maximum atomic E-state index is 13.2. The largest absolute Gasteiger partial charge is 0.437 e. The summed E-state index contributed by atoms with van der Waals surface area (Å²) in [6, 6.07) is 3.38. The van der Waals surface area contributed by atoms with Crippen LogP contribution in [0.4, 0.5) is 13.2 Å². The van der Waals surface area contributed by atoms with Crippen LogP contribution in [0.3, 0.4) is 0 Å². The molecular weight excluding hydrogens is 385 g/mol. The molecule has 27 heavy (non-hydrogen) atoms. The number of nitrogens with one attached hydrogen (secondary N) is 3. The van der Waals surface area contributed by atoms with Crippen molar-refractivity contribution in [2.75, 3.05) is 13.2 Å². The Balaban J connectivity index is 1.69. The van der Waals surface area contributed by atoms with Crippen LogP contribution in [0.2, 0.25) is 0 Å². The molecule has 0 aromatic heterocycles. The molecule has 0 saturated heterocycles. The van der Waals surface area contributed by atoms with Crippen LogP contribution >= 0.6 is 11.6 Å². The molecule has 4 rings (SSSR count). The van der Waals surface area contributed by atoms with E-state index >= 15 is 0 Å². The fourth-order valence-corrected chi connectivity index (χ4v) is 2.96. The average molecular weight is 399 g/mol. The maximum absolute atomic E-state index is 13.2. The Morgan fingerprint density at radius 2 is 2.15 bits per heavy atom. The molecule has 0 radical (unpaired) electrons. The lowest BCUT2D eigenvalue weighted by atomic mass is 10.0. The zero-order chi connectivity index (χ0) is 19.0. The first-order chi connectivity index (χ1) is 12.9. The molecule has 0 saturated carbocycles. The SMILES string of the molecule is FC(F)(F)c1ccc(C2=CNCNC2)c(OC2=NN3C(Cl)=NNC3C=C2)c1. The maximum Gasteiger partial charge on any atom is 0.416 e. The van der Waals surface area contributed by atoms with Gasteiger partial charge in [0.05, 0.1) is 12.2 Å². The van der Waals surface area contributed by atoms with Gasteiger partial charge in [-0.25, -0.2) is 5.01 Å². The summed E-state index contributed by atoms with van der Waals surface area (Å²) < 4.78 is 45.2. The molecule has 3 N–H and O–H groups in total. The van der Waals surface area contributed by atoms with Crippen LogP contribution in [-0.2, 0) is 6.18 Å². The lowest BCUT2D eigenvalue weighted by molar-refractivity contribution is -0.137. The van der Waals surface area contributed by atoms with Crippen molar-refractivity contribution < 1.29 is 17.9 Å². The van der Waals surface area contributed by atoms with Gasteiger partial charge in [-0.2, -0.15) is 13.2 Å². The lowest BCUT2D eigenvalue weighted by Crippen LogP contribution is -2.37. The molecule has 7 nitrogen and oxygen atoms in total. The molecule has 1 unspecified atom stereocenters. The number of ether oxygens (including phenoxy) is 1. The first-order valence-corrected chi connectivity index (χ1v) is 8.37. The van der Waals surface area contributed by atoms with E-state index in [0.717, 1.165) is 17.7 Å². The second kappa shape index (κ2) is 6.78. The van der Waals surface area contributed by atoms with E-state index in [1.54, 1.807) is 18.4 Å². The monoisotopic (exact) mass is 398 g/mol. The predicted octanol–water partition coefficient (Wildman–Crippen LogP) is 2.20. The lowest BCUT2D eigenvalue weighted by Gasteiger charge is -2.23. The topological polar surface area (TPSA) is 73.3 Å². The molecule has 142 valence electrons. The van der Waals surface area contributed by atoms with Gasteiger partial charge in [0.1, 0.15) is 5.75 Å². The fraction of sp³-hybridized carbons (Fsp3) is 0.250. The van der Waals surface area contributed by atoms with Gasteiger partial charge in [-0.15, -0.1) is 10.2 Å². The summed E-state index contributed by atoms with van der Waals surface area (Å²) in [7, 11) is 0. The summed E-state index contributed by atoms with van der Waals surface area (Å²) in [6.45, 7) is 1.07. The standard InChI is InChI=1S/C16H14ClF3N6O/c17-15-24-23-13-3-4-14(25-26(13)15)27-12-5-10(16(18,19)20)1-2-11(12)9-6-21-8-22-7-9/h1-6,13,21-23H,7-8H2. The second-order valence-electron chi connectivity index (χ2n) is 5.88. The highest BCUT2D eigenvalue weighted by Crippen LogP contribution is 2.36. The number of alkyl halides is 3. The van der Waals surface area contributed by atoms with E-state index in [1.165, 1.54) is 11.1 Å². The van der Waals surface area contributed by atoms with Crippen LogP contribution in [0.5, 0.6) is 5.75 Å². The molecule has 0 spiro atoms. The van der Waals surface area contributed by atoms with Crippen LogP contribution in [0.25, 0.3) is 5.57 Å². The van der Waals surface area contributed by atoms with Gasteiger partial charge in [0.15, 0.2) is 6.17 Å². The van der Waals surface area contributed by atoms with Crippen LogP contribution in [0.1, 0.15) is 11.1 Å². The minimum absolute atomic E-state index is 0.0450. The minimum atomic E-state index is -4.49. The smallest absolute Gasteiger partial charge is 0.416 e. The summed E-state index contributed by atoms with van der Waals surface area (Å²) in [6.07, 6.45) is 0.152. The van der Waals surface area contributed by atoms with E-state index in [0.29, 0.717) is 18.8 Å². The minimum Gasteiger partial charge on any atom is -0.437 e. The summed E-state index contributed by atoms with van der Waals surface area (Å²) in [5, 5.41) is 15.6. The van der Waals surface area contributed by atoms with Gasteiger partial charge >= 0.3 is 6.18 Å². The van der Waals surface area contributed by atoms with Crippen molar-refractivity contribution in [2.45, 2.75) is 12.3 Å². The van der Waals surface area contributed by atoms with E-state index in [9.17, 15) is 13.2 Å². The van der Waals surface area contributed by atoms with Gasteiger partial charge in [0.2, 0.25) is 11.2 Å². The normalized spacial score (nSPS) is 21.6. The highest BCUT2D eigenvalue weighted by Gasteiger charge is 2.32. The molecule has 3 aliphatic heterocycles. The van der Waals surface area contributed by atoms with Crippen molar-refractivity contribution in [3.05, 3.63) is 47.7 Å².